The van der Waals surface area contributed by atoms with Crippen molar-refractivity contribution in [1.82, 2.24) is 4.90 Å². The van der Waals surface area contributed by atoms with Crippen LogP contribution >= 0.6 is 0 Å². The molecule has 1 amide bonds. The molecule has 0 radical (unpaired) electrons. The molecule has 1 aliphatic rings. The molecule has 1 N–H and O–H groups in total. The van der Waals surface area contributed by atoms with E-state index in [2.05, 4.69) is 34.3 Å². The molecule has 1 heterocycles. The molecule has 1 aliphatic heterocycles. The van der Waals surface area contributed by atoms with Gasteiger partial charge in [-0.2, -0.15) is 0 Å². The zero-order valence-corrected chi connectivity index (χ0v) is 16.2. The highest BCUT2D eigenvalue weighted by atomic mass is 16.5. The largest absolute Gasteiger partial charge is 0.497 e. The second kappa shape index (κ2) is 8.77. The molecular formula is C21H27N3O3. The van der Waals surface area contributed by atoms with E-state index >= 15 is 0 Å². The second-order valence-corrected chi connectivity index (χ2v) is 6.74. The van der Waals surface area contributed by atoms with Gasteiger partial charge in [0, 0.05) is 43.1 Å². The van der Waals surface area contributed by atoms with E-state index in [1.165, 1.54) is 5.69 Å². The maximum Gasteiger partial charge on any atom is 0.228 e. The summed E-state index contributed by atoms with van der Waals surface area (Å²) < 4.78 is 10.6. The number of piperazine rings is 1. The molecule has 6 heteroatoms. The highest BCUT2D eigenvalue weighted by molar-refractivity contribution is 5.92. The first-order chi connectivity index (χ1) is 13.1. The Kier molecular flexibility index (Phi) is 6.19. The molecule has 1 saturated heterocycles. The number of nitrogens with one attached hydrogen (secondary N) is 1. The molecule has 144 valence electrons. The maximum atomic E-state index is 12.4. The fourth-order valence-corrected chi connectivity index (χ4v) is 3.22. The van der Waals surface area contributed by atoms with Crippen LogP contribution in [0.15, 0.2) is 42.5 Å². The fraction of sp³-hybridized carbons (Fsp3) is 0.381. The van der Waals surface area contributed by atoms with Crippen LogP contribution in [0.4, 0.5) is 11.4 Å². The molecule has 2 aromatic carbocycles. The molecule has 0 aromatic heterocycles. The number of carbonyl (C=O) groups excluding carboxylic acids is 1. The van der Waals surface area contributed by atoms with Crippen LogP contribution in [0.25, 0.3) is 0 Å². The van der Waals surface area contributed by atoms with E-state index < -0.39 is 0 Å². The topological polar surface area (TPSA) is 54.0 Å². The van der Waals surface area contributed by atoms with Gasteiger partial charge in [0.05, 0.1) is 20.6 Å². The Hall–Kier alpha value is -2.73. The third-order valence-corrected chi connectivity index (χ3v) is 4.86. The number of ether oxygens (including phenoxy) is 2. The monoisotopic (exact) mass is 369 g/mol. The minimum atomic E-state index is -0.0890. The molecule has 0 atom stereocenters. The molecule has 1 fully saturated rings. The van der Waals surface area contributed by atoms with E-state index in [4.69, 9.17) is 9.47 Å². The summed E-state index contributed by atoms with van der Waals surface area (Å²) in [6.07, 6.45) is 0.223. The predicted octanol–water partition coefficient (Wildman–Crippen LogP) is 2.64. The fourth-order valence-electron chi connectivity index (χ4n) is 3.22. The third kappa shape index (κ3) is 4.92. The van der Waals surface area contributed by atoms with Crippen LogP contribution in [0.1, 0.15) is 5.56 Å². The lowest BCUT2D eigenvalue weighted by atomic mass is 10.1. The van der Waals surface area contributed by atoms with Gasteiger partial charge in [-0.05, 0) is 49.5 Å². The molecule has 0 bridgehead atoms. The Bertz CT molecular complexity index is 769. The van der Waals surface area contributed by atoms with Crippen molar-refractivity contribution in [3.8, 4) is 11.5 Å². The van der Waals surface area contributed by atoms with E-state index in [0.717, 1.165) is 37.4 Å². The minimum Gasteiger partial charge on any atom is -0.497 e. The van der Waals surface area contributed by atoms with Crippen LogP contribution in [-0.2, 0) is 11.2 Å². The number of anilines is 2. The predicted molar refractivity (Wildman–Crippen MR) is 108 cm³/mol. The summed E-state index contributed by atoms with van der Waals surface area (Å²) in [6.45, 7) is 4.19. The number of amides is 1. The maximum absolute atomic E-state index is 12.4. The van der Waals surface area contributed by atoms with Crippen molar-refractivity contribution in [1.29, 1.82) is 0 Å². The highest BCUT2D eigenvalue weighted by Crippen LogP contribution is 2.25. The Labute approximate surface area is 160 Å². The Morgan fingerprint density at radius 2 is 1.70 bits per heavy atom. The summed E-state index contributed by atoms with van der Waals surface area (Å²) in [6, 6.07) is 13.5. The minimum absolute atomic E-state index is 0.0890. The average Bonchev–Trinajstić information content (AvgIpc) is 2.69. The van der Waals surface area contributed by atoms with Crippen LogP contribution in [0.5, 0.6) is 11.5 Å². The third-order valence-electron chi connectivity index (χ3n) is 4.86. The van der Waals surface area contributed by atoms with Crippen molar-refractivity contribution in [2.24, 2.45) is 0 Å². The zero-order chi connectivity index (χ0) is 19.2. The van der Waals surface area contributed by atoms with Gasteiger partial charge in [-0.1, -0.05) is 0 Å². The molecule has 0 saturated carbocycles. The molecule has 0 aliphatic carbocycles. The summed E-state index contributed by atoms with van der Waals surface area (Å²) in [7, 11) is 5.35. The van der Waals surface area contributed by atoms with E-state index in [0.29, 0.717) is 11.5 Å². The lowest BCUT2D eigenvalue weighted by molar-refractivity contribution is -0.115. The van der Waals surface area contributed by atoms with E-state index in [-0.39, 0.29) is 12.3 Å². The van der Waals surface area contributed by atoms with Crippen molar-refractivity contribution in [3.05, 3.63) is 48.0 Å². The first kappa shape index (κ1) is 19.0. The van der Waals surface area contributed by atoms with Gasteiger partial charge in [0.2, 0.25) is 5.91 Å². The average molecular weight is 369 g/mol. The van der Waals surface area contributed by atoms with Gasteiger partial charge in [0.1, 0.15) is 11.5 Å². The van der Waals surface area contributed by atoms with Crippen molar-refractivity contribution >= 4 is 17.3 Å². The summed E-state index contributed by atoms with van der Waals surface area (Å²) in [5.41, 5.74) is 2.78. The summed E-state index contributed by atoms with van der Waals surface area (Å²) >= 11 is 0. The normalized spacial score (nSPS) is 14.7. The van der Waals surface area contributed by atoms with Crippen molar-refractivity contribution in [2.75, 3.05) is 57.7 Å². The zero-order valence-electron chi connectivity index (χ0n) is 16.2. The molecule has 0 spiro atoms. The lowest BCUT2D eigenvalue weighted by Gasteiger charge is -2.34. The van der Waals surface area contributed by atoms with Gasteiger partial charge in [0.25, 0.3) is 0 Å². The highest BCUT2D eigenvalue weighted by Gasteiger charge is 2.14. The van der Waals surface area contributed by atoms with E-state index in [1.54, 1.807) is 14.2 Å². The molecule has 6 nitrogen and oxygen atoms in total. The summed E-state index contributed by atoms with van der Waals surface area (Å²) in [5, 5.41) is 2.95. The lowest BCUT2D eigenvalue weighted by Crippen LogP contribution is -2.44. The summed E-state index contributed by atoms with van der Waals surface area (Å²) in [4.78, 5) is 17.1. The van der Waals surface area contributed by atoms with Crippen molar-refractivity contribution < 1.29 is 14.3 Å². The van der Waals surface area contributed by atoms with Crippen molar-refractivity contribution in [3.63, 3.8) is 0 Å². The number of hydrogen-bond acceptors (Lipinski definition) is 5. The number of carbonyl (C=O) groups is 1. The number of methoxy groups -OCH3 is 2. The second-order valence-electron chi connectivity index (χ2n) is 6.74. The standard InChI is InChI=1S/C21H27N3O3/c1-23-10-12-24(13-11-23)18-6-4-17(5-7-18)22-21(25)15-16-14-19(26-2)8-9-20(16)27-3/h4-9,14H,10-13,15H2,1-3H3,(H,22,25). The van der Waals surface area contributed by atoms with Crippen LogP contribution in [0, 0.1) is 0 Å². The Balaban J connectivity index is 1.61. The number of likely N-dealkylation sites (N-methyl/N-ethyl adjacent to an activating group) is 1. The van der Waals surface area contributed by atoms with Crippen LogP contribution in [0.3, 0.4) is 0 Å². The van der Waals surface area contributed by atoms with E-state index in [9.17, 15) is 4.79 Å². The smallest absolute Gasteiger partial charge is 0.228 e. The van der Waals surface area contributed by atoms with Crippen LogP contribution in [-0.4, -0.2) is 58.3 Å². The molecule has 3 rings (SSSR count). The van der Waals surface area contributed by atoms with Crippen LogP contribution in [0.2, 0.25) is 0 Å². The van der Waals surface area contributed by atoms with Gasteiger partial charge >= 0.3 is 0 Å². The van der Waals surface area contributed by atoms with Gasteiger partial charge in [-0.3, -0.25) is 4.79 Å². The van der Waals surface area contributed by atoms with E-state index in [1.807, 2.05) is 30.3 Å². The first-order valence-corrected chi connectivity index (χ1v) is 9.13. The first-order valence-electron chi connectivity index (χ1n) is 9.13. The van der Waals surface area contributed by atoms with Gasteiger partial charge < -0.3 is 24.6 Å². The Morgan fingerprint density at radius 1 is 1.00 bits per heavy atom. The molecule has 2 aromatic rings. The van der Waals surface area contributed by atoms with Gasteiger partial charge in [-0.25, -0.2) is 0 Å². The Morgan fingerprint density at radius 3 is 2.33 bits per heavy atom. The number of rotatable bonds is 6. The van der Waals surface area contributed by atoms with Gasteiger partial charge in [0.15, 0.2) is 0 Å². The molecule has 27 heavy (non-hydrogen) atoms. The SMILES string of the molecule is COc1ccc(OC)c(CC(=O)Nc2ccc(N3CCN(C)CC3)cc2)c1. The van der Waals surface area contributed by atoms with Gasteiger partial charge in [-0.15, -0.1) is 0 Å². The molecule has 0 unspecified atom stereocenters. The molecular weight excluding hydrogens is 342 g/mol. The number of nitrogens with zero attached hydrogens (tertiary/aromatic N) is 2. The summed E-state index contributed by atoms with van der Waals surface area (Å²) in [5.74, 6) is 1.29. The van der Waals surface area contributed by atoms with Crippen molar-refractivity contribution in [2.45, 2.75) is 6.42 Å². The number of benzene rings is 2. The number of hydrogen-bond donors (Lipinski definition) is 1. The van der Waals surface area contributed by atoms with Crippen LogP contribution < -0.4 is 19.7 Å². The quantitative estimate of drug-likeness (QED) is 0.848.